The monoisotopic (exact) mass is 602 g/mol. The number of hydrogen-bond acceptors (Lipinski definition) is 8. The Morgan fingerprint density at radius 1 is 0.543 bits per heavy atom. The highest BCUT2D eigenvalue weighted by Crippen LogP contribution is 2.53. The molecule has 46 heavy (non-hydrogen) atoms. The van der Waals surface area contributed by atoms with E-state index in [-0.39, 0.29) is 23.2 Å². The Morgan fingerprint density at radius 2 is 0.891 bits per heavy atom. The number of rotatable bonds is 4. The van der Waals surface area contributed by atoms with Gasteiger partial charge in [0.1, 0.15) is 0 Å². The van der Waals surface area contributed by atoms with Crippen LogP contribution in [0.3, 0.4) is 0 Å². The second-order valence-corrected chi connectivity index (χ2v) is 10.6. The molecule has 10 heteroatoms. The molecule has 0 spiro atoms. The Bertz CT molecular complexity index is 1870. The van der Waals surface area contributed by atoms with E-state index in [4.69, 9.17) is 0 Å². The Hall–Kier alpha value is -6.88. The van der Waals surface area contributed by atoms with Gasteiger partial charge in [0.05, 0.1) is 34.1 Å². The summed E-state index contributed by atoms with van der Waals surface area (Å²) < 4.78 is 0. The number of nitriles is 4. The van der Waals surface area contributed by atoms with Gasteiger partial charge in [0.15, 0.2) is 10.8 Å². The summed E-state index contributed by atoms with van der Waals surface area (Å²) in [5.74, 6) is -0.699. The van der Waals surface area contributed by atoms with E-state index < -0.39 is 20.7 Å². The summed E-state index contributed by atoms with van der Waals surface area (Å²) in [6.45, 7) is 0. The van der Waals surface area contributed by atoms with Crippen LogP contribution in [0.5, 0.6) is 0 Å². The lowest BCUT2D eigenvalue weighted by atomic mass is 9.73. The lowest BCUT2D eigenvalue weighted by molar-refractivity contribution is -0.385. The minimum absolute atomic E-state index is 0.0249. The van der Waals surface area contributed by atoms with Gasteiger partial charge >= 0.3 is 0 Å². The molecule has 0 radical (unpaired) electrons. The van der Waals surface area contributed by atoms with Crippen molar-refractivity contribution in [1.82, 2.24) is 0 Å². The van der Waals surface area contributed by atoms with Crippen LogP contribution >= 0.6 is 0 Å². The smallest absolute Gasteiger partial charge is 0.258 e. The predicted octanol–water partition coefficient (Wildman–Crippen LogP) is 7.39. The minimum Gasteiger partial charge on any atom is -0.258 e. The molecule has 0 aliphatic heterocycles. The van der Waals surface area contributed by atoms with Crippen LogP contribution in [0, 0.1) is 88.2 Å². The van der Waals surface area contributed by atoms with E-state index in [9.17, 15) is 41.3 Å². The van der Waals surface area contributed by atoms with E-state index in [0.717, 1.165) is 11.1 Å². The Morgan fingerprint density at radius 3 is 1.20 bits per heavy atom. The zero-order valence-corrected chi connectivity index (χ0v) is 24.0. The zero-order valence-electron chi connectivity index (χ0n) is 24.0. The third kappa shape index (κ3) is 5.13. The summed E-state index contributed by atoms with van der Waals surface area (Å²) in [5, 5.41) is 60.4. The standard InChI is InChI=1S/2C18H11N3O2/c2*19-11-18(12-20)16-5-3-1-2-4-14(16)10-17(18)13-6-8-15(9-7-13)21(22)23/h2*1-10,16H/t2*16-/m10/s1. The third-order valence-electron chi connectivity index (χ3n) is 8.24. The van der Waals surface area contributed by atoms with Crippen LogP contribution in [0.15, 0.2) is 133 Å². The van der Waals surface area contributed by atoms with E-state index in [1.54, 1.807) is 24.3 Å². The molecule has 2 aromatic rings. The quantitative estimate of drug-likeness (QED) is 0.256. The van der Waals surface area contributed by atoms with Crippen molar-refractivity contribution in [2.75, 3.05) is 0 Å². The van der Waals surface area contributed by atoms with Gasteiger partial charge in [-0.1, -0.05) is 72.9 Å². The van der Waals surface area contributed by atoms with Crippen molar-refractivity contribution in [3.8, 4) is 24.3 Å². The maximum absolute atomic E-state index is 10.8. The van der Waals surface area contributed by atoms with Crippen molar-refractivity contribution < 1.29 is 9.85 Å². The van der Waals surface area contributed by atoms with Gasteiger partial charge in [0.25, 0.3) is 11.4 Å². The summed E-state index contributed by atoms with van der Waals surface area (Å²) in [6.07, 6.45) is 22.2. The first-order valence-electron chi connectivity index (χ1n) is 13.9. The van der Waals surface area contributed by atoms with Crippen LogP contribution in [0.2, 0.25) is 0 Å². The Labute approximate surface area is 264 Å². The molecule has 0 fully saturated rings. The Kier molecular flexibility index (Phi) is 8.23. The lowest BCUT2D eigenvalue weighted by Crippen LogP contribution is -2.24. The fourth-order valence-electron chi connectivity index (χ4n) is 5.92. The first-order chi connectivity index (χ1) is 22.2. The predicted molar refractivity (Wildman–Crippen MR) is 169 cm³/mol. The van der Waals surface area contributed by atoms with Gasteiger partial charge in [-0.15, -0.1) is 0 Å². The molecule has 0 saturated heterocycles. The molecule has 2 aromatic carbocycles. The number of nitro groups is 2. The van der Waals surface area contributed by atoms with Gasteiger partial charge in [0, 0.05) is 36.1 Å². The number of benzene rings is 2. The van der Waals surface area contributed by atoms with E-state index in [1.165, 1.54) is 24.3 Å². The van der Waals surface area contributed by atoms with Gasteiger partial charge in [-0.3, -0.25) is 20.2 Å². The van der Waals surface area contributed by atoms with Crippen LogP contribution in [0.25, 0.3) is 11.1 Å². The highest BCUT2D eigenvalue weighted by Gasteiger charge is 2.49. The van der Waals surface area contributed by atoms with E-state index in [0.29, 0.717) is 22.3 Å². The van der Waals surface area contributed by atoms with Crippen LogP contribution < -0.4 is 0 Å². The van der Waals surface area contributed by atoms with Crippen LogP contribution in [-0.2, 0) is 0 Å². The summed E-state index contributed by atoms with van der Waals surface area (Å²) in [5.41, 5.74) is 1.50. The normalized spacial score (nSPS) is 20.5. The summed E-state index contributed by atoms with van der Waals surface area (Å²) in [6, 6.07) is 20.5. The number of nitrogens with zero attached hydrogens (tertiary/aromatic N) is 6. The fourth-order valence-corrected chi connectivity index (χ4v) is 5.92. The average Bonchev–Trinajstić information content (AvgIpc) is 3.28. The van der Waals surface area contributed by atoms with Crippen molar-refractivity contribution in [2.24, 2.45) is 22.7 Å². The molecular formula is C36H22N6O4. The molecule has 0 heterocycles. The van der Waals surface area contributed by atoms with E-state index in [1.807, 2.05) is 72.9 Å². The summed E-state index contributed by atoms with van der Waals surface area (Å²) in [4.78, 5) is 20.6. The average molecular weight is 603 g/mol. The fraction of sp³-hybridized carbons (Fsp3) is 0.111. The SMILES string of the molecule is N#CC1(C#N)C(c2ccc([N+](=O)[O-])cc2)=CC2=CC=CC=C[C@@H]21.N#CC1(C#N)C(c2ccc([N+](=O)[O-])cc2)=CC2=CC=CC=C[C@H]21. The molecule has 4 aliphatic rings. The lowest BCUT2D eigenvalue weighted by Gasteiger charge is -2.23. The highest BCUT2D eigenvalue weighted by molar-refractivity contribution is 5.85. The number of non-ortho nitro benzene ring substituents is 2. The molecule has 220 valence electrons. The largest absolute Gasteiger partial charge is 0.269 e. The molecule has 0 N–H and O–H groups in total. The van der Waals surface area contributed by atoms with E-state index >= 15 is 0 Å². The van der Waals surface area contributed by atoms with Crippen LogP contribution in [0.4, 0.5) is 11.4 Å². The van der Waals surface area contributed by atoms with Gasteiger partial charge in [0.2, 0.25) is 0 Å². The van der Waals surface area contributed by atoms with Gasteiger partial charge in [-0.25, -0.2) is 0 Å². The number of fused-ring (bicyclic) bond motifs is 2. The summed E-state index contributed by atoms with van der Waals surface area (Å²) >= 11 is 0. The van der Waals surface area contributed by atoms with Crippen molar-refractivity contribution in [1.29, 1.82) is 21.0 Å². The minimum atomic E-state index is -1.33. The second-order valence-electron chi connectivity index (χ2n) is 10.6. The van der Waals surface area contributed by atoms with Crippen molar-refractivity contribution in [3.63, 3.8) is 0 Å². The third-order valence-corrected chi connectivity index (χ3v) is 8.24. The van der Waals surface area contributed by atoms with Crippen molar-refractivity contribution >= 4 is 22.5 Å². The van der Waals surface area contributed by atoms with Gasteiger partial charge in [-0.2, -0.15) is 21.0 Å². The van der Waals surface area contributed by atoms with Gasteiger partial charge < -0.3 is 0 Å². The molecular weight excluding hydrogens is 580 g/mol. The highest BCUT2D eigenvalue weighted by atomic mass is 16.6. The number of hydrogen-bond donors (Lipinski definition) is 0. The number of nitro benzene ring substituents is 2. The second kappa shape index (κ2) is 12.4. The molecule has 4 aliphatic carbocycles. The number of allylic oxidation sites excluding steroid dienone is 16. The zero-order chi connectivity index (χ0) is 32.9. The van der Waals surface area contributed by atoms with Crippen molar-refractivity contribution in [3.05, 3.63) is 164 Å². The topological polar surface area (TPSA) is 181 Å². The molecule has 0 aromatic heterocycles. The van der Waals surface area contributed by atoms with Crippen molar-refractivity contribution in [2.45, 2.75) is 0 Å². The maximum atomic E-state index is 10.8. The van der Waals surface area contributed by atoms with Crippen LogP contribution in [-0.4, -0.2) is 9.85 Å². The molecule has 0 bridgehead atoms. The molecule has 0 unspecified atom stereocenters. The maximum Gasteiger partial charge on any atom is 0.269 e. The molecule has 6 rings (SSSR count). The molecule has 0 amide bonds. The molecule has 2 atom stereocenters. The first-order valence-corrected chi connectivity index (χ1v) is 13.9. The molecule has 0 saturated carbocycles. The van der Waals surface area contributed by atoms with E-state index in [2.05, 4.69) is 24.3 Å². The Balaban J connectivity index is 0.000000181. The molecule has 10 nitrogen and oxygen atoms in total. The first kappa shape index (κ1) is 30.6. The van der Waals surface area contributed by atoms with Crippen LogP contribution in [0.1, 0.15) is 11.1 Å². The summed E-state index contributed by atoms with van der Waals surface area (Å²) in [7, 11) is 0. The van der Waals surface area contributed by atoms with Gasteiger partial charge in [-0.05, 0) is 57.7 Å².